The quantitative estimate of drug-likeness (QED) is 0.648. The number of hydrogen-bond donors (Lipinski definition) is 0. The molecule has 0 fully saturated rings. The zero-order valence-corrected chi connectivity index (χ0v) is 14.2. The lowest BCUT2D eigenvalue weighted by molar-refractivity contribution is 0.358. The SMILES string of the molecule is O=S(=O)(Cc1ccc(F)cc1)N(Cc1cccnc1)Cc1ccco1. The van der Waals surface area contributed by atoms with Crippen LogP contribution < -0.4 is 0 Å². The number of furan rings is 1. The first-order valence-electron chi connectivity index (χ1n) is 7.66. The van der Waals surface area contributed by atoms with Crippen LogP contribution in [0.15, 0.2) is 71.6 Å². The van der Waals surface area contributed by atoms with Crippen LogP contribution in [0.2, 0.25) is 0 Å². The number of rotatable bonds is 7. The molecule has 25 heavy (non-hydrogen) atoms. The maximum atomic E-state index is 13.0. The lowest BCUT2D eigenvalue weighted by Crippen LogP contribution is -2.31. The molecule has 0 aliphatic rings. The summed E-state index contributed by atoms with van der Waals surface area (Å²) in [6, 6.07) is 12.5. The van der Waals surface area contributed by atoms with Gasteiger partial charge >= 0.3 is 0 Å². The number of benzene rings is 1. The van der Waals surface area contributed by atoms with Crippen molar-refractivity contribution < 1.29 is 17.2 Å². The van der Waals surface area contributed by atoms with Crippen LogP contribution in [-0.2, 0) is 28.9 Å². The molecule has 0 aliphatic carbocycles. The van der Waals surface area contributed by atoms with Gasteiger partial charge in [0.05, 0.1) is 18.6 Å². The van der Waals surface area contributed by atoms with Gasteiger partial charge in [-0.2, -0.15) is 4.31 Å². The molecule has 1 aromatic carbocycles. The number of aromatic nitrogens is 1. The van der Waals surface area contributed by atoms with Crippen LogP contribution >= 0.6 is 0 Å². The van der Waals surface area contributed by atoms with Crippen molar-refractivity contribution in [2.24, 2.45) is 0 Å². The first-order chi connectivity index (χ1) is 12.0. The fourth-order valence-electron chi connectivity index (χ4n) is 2.41. The van der Waals surface area contributed by atoms with E-state index in [9.17, 15) is 12.8 Å². The van der Waals surface area contributed by atoms with Gasteiger partial charge in [0.1, 0.15) is 11.6 Å². The van der Waals surface area contributed by atoms with Crippen molar-refractivity contribution in [2.75, 3.05) is 0 Å². The number of sulfonamides is 1. The molecular weight excluding hydrogens is 343 g/mol. The monoisotopic (exact) mass is 360 g/mol. The zero-order valence-electron chi connectivity index (χ0n) is 13.4. The molecule has 0 radical (unpaired) electrons. The second-order valence-electron chi connectivity index (χ2n) is 5.59. The van der Waals surface area contributed by atoms with Crippen LogP contribution in [0.25, 0.3) is 0 Å². The standard InChI is InChI=1S/C18H17FN2O3S/c19-17-7-5-15(6-8-17)14-25(22,23)21(13-18-4-2-10-24-18)12-16-3-1-9-20-11-16/h1-11H,12-14H2. The van der Waals surface area contributed by atoms with Crippen LogP contribution in [0.5, 0.6) is 0 Å². The Morgan fingerprint density at radius 2 is 1.80 bits per heavy atom. The molecule has 0 atom stereocenters. The smallest absolute Gasteiger partial charge is 0.219 e. The third-order valence-corrected chi connectivity index (χ3v) is 5.39. The fourth-order valence-corrected chi connectivity index (χ4v) is 3.87. The second-order valence-corrected chi connectivity index (χ2v) is 7.56. The summed E-state index contributed by atoms with van der Waals surface area (Å²) in [4.78, 5) is 4.02. The minimum Gasteiger partial charge on any atom is -0.468 e. The Labute approximate surface area is 145 Å². The minimum absolute atomic E-state index is 0.116. The Bertz CT molecular complexity index is 895. The summed E-state index contributed by atoms with van der Waals surface area (Å²) < 4.78 is 45.4. The van der Waals surface area contributed by atoms with Gasteiger partial charge in [-0.25, -0.2) is 12.8 Å². The summed E-state index contributed by atoms with van der Waals surface area (Å²) >= 11 is 0. The van der Waals surface area contributed by atoms with E-state index in [0.29, 0.717) is 11.3 Å². The molecule has 130 valence electrons. The topological polar surface area (TPSA) is 63.4 Å². The fraction of sp³-hybridized carbons (Fsp3) is 0.167. The maximum Gasteiger partial charge on any atom is 0.219 e. The largest absolute Gasteiger partial charge is 0.468 e. The van der Waals surface area contributed by atoms with Crippen molar-refractivity contribution in [1.82, 2.24) is 9.29 Å². The van der Waals surface area contributed by atoms with Gasteiger partial charge in [0.15, 0.2) is 0 Å². The molecule has 0 bridgehead atoms. The number of pyridine rings is 1. The van der Waals surface area contributed by atoms with Crippen molar-refractivity contribution in [3.63, 3.8) is 0 Å². The van der Waals surface area contributed by atoms with E-state index in [2.05, 4.69) is 4.98 Å². The van der Waals surface area contributed by atoms with Gasteiger partial charge in [-0.05, 0) is 41.5 Å². The van der Waals surface area contributed by atoms with E-state index in [1.165, 1.54) is 34.8 Å². The van der Waals surface area contributed by atoms with Crippen LogP contribution in [-0.4, -0.2) is 17.7 Å². The molecule has 0 aliphatic heterocycles. The van der Waals surface area contributed by atoms with E-state index in [1.807, 2.05) is 6.07 Å². The van der Waals surface area contributed by atoms with Gasteiger partial charge in [-0.15, -0.1) is 0 Å². The molecule has 0 unspecified atom stereocenters. The highest BCUT2D eigenvalue weighted by atomic mass is 32.2. The van der Waals surface area contributed by atoms with Crippen LogP contribution in [0.3, 0.4) is 0 Å². The van der Waals surface area contributed by atoms with Crippen molar-refractivity contribution in [1.29, 1.82) is 0 Å². The Kier molecular flexibility index (Phi) is 5.25. The first-order valence-corrected chi connectivity index (χ1v) is 9.27. The molecule has 0 N–H and O–H groups in total. The summed E-state index contributed by atoms with van der Waals surface area (Å²) in [6.45, 7) is 0.295. The maximum absolute atomic E-state index is 13.0. The Morgan fingerprint density at radius 3 is 2.44 bits per heavy atom. The van der Waals surface area contributed by atoms with Gasteiger partial charge < -0.3 is 4.42 Å². The number of hydrogen-bond acceptors (Lipinski definition) is 4. The number of halogens is 1. The second kappa shape index (κ2) is 7.58. The molecular formula is C18H17FN2O3S. The van der Waals surface area contributed by atoms with Crippen LogP contribution in [0.1, 0.15) is 16.9 Å². The molecule has 0 saturated heterocycles. The molecule has 0 spiro atoms. The normalized spacial score (nSPS) is 11.8. The molecule has 0 amide bonds. The van der Waals surface area contributed by atoms with E-state index in [1.54, 1.807) is 30.6 Å². The van der Waals surface area contributed by atoms with Gasteiger partial charge in [-0.1, -0.05) is 18.2 Å². The van der Waals surface area contributed by atoms with Gasteiger partial charge in [0.25, 0.3) is 0 Å². The summed E-state index contributed by atoms with van der Waals surface area (Å²) in [6.07, 6.45) is 4.76. The first kappa shape index (κ1) is 17.3. The third kappa shape index (κ3) is 4.74. The third-order valence-electron chi connectivity index (χ3n) is 3.65. The van der Waals surface area contributed by atoms with E-state index in [0.717, 1.165) is 5.56 Å². The van der Waals surface area contributed by atoms with E-state index >= 15 is 0 Å². The van der Waals surface area contributed by atoms with Crippen molar-refractivity contribution >= 4 is 10.0 Å². The summed E-state index contributed by atoms with van der Waals surface area (Å²) in [5.41, 5.74) is 1.30. The van der Waals surface area contributed by atoms with Crippen LogP contribution in [0.4, 0.5) is 4.39 Å². The Balaban J connectivity index is 1.84. The highest BCUT2D eigenvalue weighted by molar-refractivity contribution is 7.88. The number of nitrogens with zero attached hydrogens (tertiary/aromatic N) is 2. The molecule has 7 heteroatoms. The van der Waals surface area contributed by atoms with Gasteiger partial charge in [0, 0.05) is 18.9 Å². The van der Waals surface area contributed by atoms with E-state index in [-0.39, 0.29) is 18.8 Å². The summed E-state index contributed by atoms with van der Waals surface area (Å²) in [5, 5.41) is 0. The average molecular weight is 360 g/mol. The van der Waals surface area contributed by atoms with Crippen molar-refractivity contribution in [3.8, 4) is 0 Å². The Morgan fingerprint density at radius 1 is 1.00 bits per heavy atom. The summed E-state index contributed by atoms with van der Waals surface area (Å²) in [7, 11) is -3.64. The molecule has 2 heterocycles. The molecule has 2 aromatic heterocycles. The van der Waals surface area contributed by atoms with Gasteiger partial charge in [-0.3, -0.25) is 4.98 Å². The zero-order chi connectivity index (χ0) is 17.7. The molecule has 3 aromatic rings. The Hall–Kier alpha value is -2.51. The van der Waals surface area contributed by atoms with E-state index in [4.69, 9.17) is 4.42 Å². The highest BCUT2D eigenvalue weighted by Gasteiger charge is 2.24. The van der Waals surface area contributed by atoms with Crippen LogP contribution in [0, 0.1) is 5.82 Å². The lowest BCUT2D eigenvalue weighted by atomic mass is 10.2. The predicted octanol–water partition coefficient (Wildman–Crippen LogP) is 3.35. The summed E-state index contributed by atoms with van der Waals surface area (Å²) in [5.74, 6) is -0.0654. The average Bonchev–Trinajstić information content (AvgIpc) is 3.10. The molecule has 3 rings (SSSR count). The van der Waals surface area contributed by atoms with Crippen molar-refractivity contribution in [3.05, 3.63) is 89.9 Å². The minimum atomic E-state index is -3.64. The highest BCUT2D eigenvalue weighted by Crippen LogP contribution is 2.18. The predicted molar refractivity (Wildman–Crippen MR) is 91.2 cm³/mol. The molecule has 0 saturated carbocycles. The molecule has 5 nitrogen and oxygen atoms in total. The van der Waals surface area contributed by atoms with Gasteiger partial charge in [0.2, 0.25) is 10.0 Å². The van der Waals surface area contributed by atoms with Crippen molar-refractivity contribution in [2.45, 2.75) is 18.8 Å². The lowest BCUT2D eigenvalue weighted by Gasteiger charge is -2.21. The van der Waals surface area contributed by atoms with E-state index < -0.39 is 15.8 Å².